The maximum atomic E-state index is 16.5. The first kappa shape index (κ1) is 52.4. The Morgan fingerprint density at radius 2 is 1.59 bits per heavy atom. The van der Waals surface area contributed by atoms with E-state index in [1.54, 1.807) is 18.0 Å². The van der Waals surface area contributed by atoms with Crippen molar-refractivity contribution >= 4 is 75.3 Å². The van der Waals surface area contributed by atoms with Crippen molar-refractivity contribution in [1.82, 2.24) is 30.0 Å². The number of piperidine rings is 1. The number of nitrogens with one attached hydrogen (secondary N) is 2. The van der Waals surface area contributed by atoms with Crippen molar-refractivity contribution in [2.45, 2.75) is 37.8 Å². The van der Waals surface area contributed by atoms with Gasteiger partial charge >= 0.3 is 0 Å². The number of aromatic nitrogens is 2. The number of hydrogen-bond donors (Lipinski definition) is 3. The molecule has 4 aliphatic rings. The van der Waals surface area contributed by atoms with Crippen LogP contribution in [0.1, 0.15) is 52.0 Å². The van der Waals surface area contributed by atoms with Crippen LogP contribution in [0.25, 0.3) is 16.5 Å². The lowest BCUT2D eigenvalue weighted by Gasteiger charge is -2.35. The molecule has 0 saturated carbocycles. The number of aliphatic hydroxyl groups is 1. The smallest absolute Gasteiger partial charge is 0.262 e. The van der Waals surface area contributed by atoms with Gasteiger partial charge in [0.2, 0.25) is 29.6 Å². The number of imide groups is 2. The van der Waals surface area contributed by atoms with E-state index in [2.05, 4.69) is 27.2 Å². The molecular formula is C48H55ClF2N8O12. The number of aliphatic hydroxyl groups excluding tert-OH is 1. The summed E-state index contributed by atoms with van der Waals surface area (Å²) in [5, 5.41) is 15.9. The van der Waals surface area contributed by atoms with E-state index in [0.717, 1.165) is 11.0 Å². The minimum absolute atomic E-state index is 0.0150. The minimum Gasteiger partial charge on any atom is -0.491 e. The number of likely N-dealkylation sites (N-methyl/N-ethyl adjacent to an activating group) is 1. The highest BCUT2D eigenvalue weighted by molar-refractivity contribution is 6.33. The number of ether oxygens (including phenoxy) is 5. The van der Waals surface area contributed by atoms with Gasteiger partial charge in [-0.3, -0.25) is 39.0 Å². The highest BCUT2D eigenvalue weighted by atomic mass is 35.5. The lowest BCUT2D eigenvalue weighted by Crippen LogP contribution is -2.54. The average Bonchev–Trinajstić information content (AvgIpc) is 3.60. The Labute approximate surface area is 412 Å². The largest absolute Gasteiger partial charge is 0.491 e. The van der Waals surface area contributed by atoms with Crippen molar-refractivity contribution in [1.29, 1.82) is 0 Å². The predicted molar refractivity (Wildman–Crippen MR) is 254 cm³/mol. The molecule has 2 fully saturated rings. The molecule has 380 valence electrons. The van der Waals surface area contributed by atoms with Gasteiger partial charge in [-0.2, -0.15) is 4.98 Å². The monoisotopic (exact) mass is 1010 g/mol. The molecule has 3 aromatic rings. The van der Waals surface area contributed by atoms with Gasteiger partial charge < -0.3 is 48.8 Å². The highest BCUT2D eigenvalue weighted by Crippen LogP contribution is 2.41. The Bertz CT molecular complexity index is 2590. The summed E-state index contributed by atoms with van der Waals surface area (Å²) in [6, 6.07) is 4.89. The number of nitrogens with zero attached hydrogens (tertiary/aromatic N) is 6. The van der Waals surface area contributed by atoms with Crippen LogP contribution in [-0.2, 0) is 38.1 Å². The Kier molecular flexibility index (Phi) is 18.2. The molecule has 7 rings (SSSR count). The summed E-state index contributed by atoms with van der Waals surface area (Å²) in [5.74, 6) is -3.79. The lowest BCUT2D eigenvalue weighted by molar-refractivity contribution is -0.136. The molecule has 2 atom stereocenters. The summed E-state index contributed by atoms with van der Waals surface area (Å²) in [5.41, 5.74) is -0.448. The minimum atomic E-state index is -1.32. The zero-order chi connectivity index (χ0) is 50.6. The van der Waals surface area contributed by atoms with Crippen molar-refractivity contribution < 1.29 is 66.3 Å². The summed E-state index contributed by atoms with van der Waals surface area (Å²) < 4.78 is 59.4. The molecule has 0 radical (unpaired) electrons. The highest BCUT2D eigenvalue weighted by Gasteiger charge is 2.45. The number of carbonyl (C=O) groups is 6. The zero-order valence-electron chi connectivity index (χ0n) is 39.1. The predicted octanol–water partition coefficient (Wildman–Crippen LogP) is 3.07. The molecule has 2 aromatic carbocycles. The number of fused-ring (bicyclic) bond motifs is 2. The second-order valence-corrected chi connectivity index (χ2v) is 17.1. The van der Waals surface area contributed by atoms with Gasteiger partial charge in [0.15, 0.2) is 5.82 Å². The van der Waals surface area contributed by atoms with E-state index in [-0.39, 0.29) is 108 Å². The van der Waals surface area contributed by atoms with Gasteiger partial charge in [0.25, 0.3) is 11.8 Å². The lowest BCUT2D eigenvalue weighted by atomic mass is 9.92. The van der Waals surface area contributed by atoms with Crippen molar-refractivity contribution in [3.05, 3.63) is 82.4 Å². The maximum absolute atomic E-state index is 16.5. The van der Waals surface area contributed by atoms with Crippen LogP contribution in [0.15, 0.2) is 54.9 Å². The fraction of sp³-hybridized carbons (Fsp3) is 0.458. The van der Waals surface area contributed by atoms with Crippen LogP contribution in [-0.4, -0.2) is 183 Å². The van der Waals surface area contributed by atoms with Crippen LogP contribution in [0.5, 0.6) is 5.75 Å². The van der Waals surface area contributed by atoms with Crippen molar-refractivity contribution in [3.8, 4) is 5.75 Å². The van der Waals surface area contributed by atoms with Crippen molar-refractivity contribution in [2.24, 2.45) is 0 Å². The second-order valence-electron chi connectivity index (χ2n) is 16.7. The van der Waals surface area contributed by atoms with Gasteiger partial charge in [0, 0.05) is 75.7 Å². The van der Waals surface area contributed by atoms with Gasteiger partial charge in [-0.15, -0.1) is 0 Å². The number of hydrogen-bond acceptors (Lipinski definition) is 16. The van der Waals surface area contributed by atoms with E-state index in [1.807, 2.05) is 4.90 Å². The fourth-order valence-electron chi connectivity index (χ4n) is 8.29. The van der Waals surface area contributed by atoms with Crippen LogP contribution in [0.2, 0.25) is 5.02 Å². The van der Waals surface area contributed by atoms with Crippen LogP contribution in [0.3, 0.4) is 0 Å². The number of piperazine rings is 1. The summed E-state index contributed by atoms with van der Waals surface area (Å²) in [6.45, 7) is 7.93. The van der Waals surface area contributed by atoms with E-state index < -0.39 is 47.4 Å². The molecule has 3 N–H and O–H groups in total. The Morgan fingerprint density at radius 3 is 2.25 bits per heavy atom. The van der Waals surface area contributed by atoms with Crippen LogP contribution in [0, 0.1) is 5.82 Å². The number of anilines is 2. The summed E-state index contributed by atoms with van der Waals surface area (Å²) in [4.78, 5) is 89.9. The third-order valence-corrected chi connectivity index (χ3v) is 12.4. The van der Waals surface area contributed by atoms with Gasteiger partial charge in [-0.05, 0) is 49.3 Å². The van der Waals surface area contributed by atoms with Crippen LogP contribution < -0.4 is 20.3 Å². The Morgan fingerprint density at radius 1 is 0.930 bits per heavy atom. The molecule has 0 bridgehead atoms. The van der Waals surface area contributed by atoms with E-state index in [1.165, 1.54) is 35.3 Å². The van der Waals surface area contributed by atoms with Gasteiger partial charge in [-0.25, -0.2) is 13.8 Å². The number of amides is 6. The third kappa shape index (κ3) is 12.7. The molecule has 0 spiro atoms. The molecule has 1 aliphatic carbocycles. The zero-order valence-corrected chi connectivity index (χ0v) is 39.8. The van der Waals surface area contributed by atoms with Gasteiger partial charge in [0.05, 0.1) is 75.1 Å². The first-order valence-electron chi connectivity index (χ1n) is 23.1. The van der Waals surface area contributed by atoms with Gasteiger partial charge in [0.1, 0.15) is 35.6 Å². The first-order valence-corrected chi connectivity index (χ1v) is 23.5. The molecule has 3 aliphatic heterocycles. The summed E-state index contributed by atoms with van der Waals surface area (Å²) in [7, 11) is 1.64. The molecule has 1 aromatic heterocycles. The van der Waals surface area contributed by atoms with E-state index in [0.29, 0.717) is 83.9 Å². The topological polar surface area (TPSA) is 232 Å². The summed E-state index contributed by atoms with van der Waals surface area (Å²) in [6.07, 6.45) is 2.74. The molecule has 4 heterocycles. The number of allylic oxidation sites excluding steroid dienone is 2. The molecule has 23 heteroatoms. The normalized spacial score (nSPS) is 18.1. The van der Waals surface area contributed by atoms with Crippen molar-refractivity contribution in [2.75, 3.05) is 116 Å². The maximum Gasteiger partial charge on any atom is 0.262 e. The SMILES string of the molecule is C=CC(=O)N1CCN(c2nc(NCCC(=O)N(C)CCOCCOCCOCCOCCOc3ccc4c(c3)C(=O)N(C3CCC(=O)NC3=O)C4=O)nc3c(F)c(C4=C(F)C=CCC4O)c(Cl)cc23)CC1. The Hall–Kier alpha value is -6.43. The molecule has 2 saturated heterocycles. The quantitative estimate of drug-likeness (QED) is 0.0665. The number of halogens is 3. The second kappa shape index (κ2) is 24.6. The molecule has 71 heavy (non-hydrogen) atoms. The van der Waals surface area contributed by atoms with Crippen LogP contribution in [0.4, 0.5) is 20.5 Å². The Balaban J connectivity index is 0.762. The van der Waals surface area contributed by atoms with Crippen LogP contribution >= 0.6 is 11.6 Å². The number of carbonyl (C=O) groups excluding carboxylic acids is 6. The molecule has 6 amide bonds. The summed E-state index contributed by atoms with van der Waals surface area (Å²) >= 11 is 6.58. The number of benzene rings is 2. The standard InChI is InChI=1S/C48H55ClF2N8O12/c1-3-38(62)57-13-15-58(16-14-57)44-32-28-33(49)40(41-34(50)5-4-6-36(41)60)42(51)43(32)54-48(55-44)52-12-11-39(63)56(2)17-18-67-19-20-68-21-22-69-23-24-70-25-26-71-29-7-8-30-31(27-29)47(66)59(46(30)65)35-9-10-37(61)53-45(35)64/h3-5,7-8,27-28,35-36,60H,1,6,9-26H2,2H3,(H,52,54,55)(H,53,61,64). The molecule has 2 unspecified atom stereocenters. The van der Waals surface area contributed by atoms with E-state index >= 15 is 8.78 Å². The third-order valence-electron chi connectivity index (χ3n) is 12.1. The fourth-order valence-corrected chi connectivity index (χ4v) is 8.58. The molecular weight excluding hydrogens is 954 g/mol. The first-order chi connectivity index (χ1) is 34.3. The van der Waals surface area contributed by atoms with E-state index in [4.69, 9.17) is 35.3 Å². The van der Waals surface area contributed by atoms with E-state index in [9.17, 15) is 33.9 Å². The number of rotatable bonds is 24. The van der Waals surface area contributed by atoms with Crippen molar-refractivity contribution in [3.63, 3.8) is 0 Å². The van der Waals surface area contributed by atoms with Gasteiger partial charge in [-0.1, -0.05) is 24.3 Å². The molecule has 20 nitrogen and oxygen atoms in total. The average molecular weight is 1010 g/mol.